The zero-order valence-electron chi connectivity index (χ0n) is 12.3. The molecule has 1 aromatic carbocycles. The van der Waals surface area contributed by atoms with E-state index < -0.39 is 19.8 Å². The number of hydrogen-bond donors (Lipinski definition) is 4. The molecule has 0 saturated carbocycles. The Balaban J connectivity index is 2.83. The van der Waals surface area contributed by atoms with Crippen LogP contribution >= 0.6 is 7.37 Å². The summed E-state index contributed by atoms with van der Waals surface area (Å²) >= 11 is 0. The first-order valence-electron chi connectivity index (χ1n) is 6.64. The number of rotatable bonds is 4. The van der Waals surface area contributed by atoms with Gasteiger partial charge in [0.25, 0.3) is 0 Å². The lowest BCUT2D eigenvalue weighted by Crippen LogP contribution is -2.09. The maximum Gasteiger partial charge on any atom is 0.229 e. The molecule has 0 amide bonds. The number of aryl methyl sites for hydroxylation is 1. The third-order valence-corrected chi connectivity index (χ3v) is 4.57. The minimum Gasteiger partial charge on any atom is -0.506 e. The van der Waals surface area contributed by atoms with E-state index in [9.17, 15) is 24.8 Å². The Morgan fingerprint density at radius 3 is 2.36 bits per heavy atom. The van der Waals surface area contributed by atoms with E-state index in [1.165, 1.54) is 0 Å². The predicted molar refractivity (Wildman–Crippen MR) is 82.7 cm³/mol. The molecular weight excluding hydrogens is 305 g/mol. The van der Waals surface area contributed by atoms with Crippen LogP contribution in [-0.4, -0.2) is 31.9 Å². The van der Waals surface area contributed by atoms with Crippen molar-refractivity contribution in [2.45, 2.75) is 19.4 Å². The van der Waals surface area contributed by atoms with Crippen LogP contribution in [-0.2, 0) is 11.2 Å². The van der Waals surface area contributed by atoms with E-state index in [4.69, 9.17) is 0 Å². The van der Waals surface area contributed by atoms with Gasteiger partial charge in [-0.1, -0.05) is 30.3 Å². The van der Waals surface area contributed by atoms with E-state index in [0.29, 0.717) is 5.56 Å². The Bertz CT molecular complexity index is 726. The minimum atomic E-state index is -3.91. The van der Waals surface area contributed by atoms with Crippen LogP contribution in [0.5, 0.6) is 5.75 Å². The average Bonchev–Trinajstić information content (AvgIpc) is 2.48. The van der Waals surface area contributed by atoms with Gasteiger partial charge in [-0.05, 0) is 6.92 Å². The molecule has 1 aromatic heterocycles. The van der Waals surface area contributed by atoms with Gasteiger partial charge >= 0.3 is 0 Å². The third-order valence-electron chi connectivity index (χ3n) is 3.41. The molecule has 22 heavy (non-hydrogen) atoms. The van der Waals surface area contributed by atoms with E-state index in [2.05, 4.69) is 4.98 Å². The number of aromatic nitrogens is 1. The van der Waals surface area contributed by atoms with Crippen LogP contribution in [0.3, 0.4) is 0 Å². The molecule has 1 heterocycles. The van der Waals surface area contributed by atoms with E-state index in [0.717, 1.165) is 6.66 Å². The largest absolute Gasteiger partial charge is 0.506 e. The third kappa shape index (κ3) is 3.05. The maximum absolute atomic E-state index is 11.9. The summed E-state index contributed by atoms with van der Waals surface area (Å²) in [7, 11) is -3.91. The number of aliphatic hydroxyl groups is 2. The highest BCUT2D eigenvalue weighted by Crippen LogP contribution is 2.54. The van der Waals surface area contributed by atoms with Gasteiger partial charge < -0.3 is 20.2 Å². The average molecular weight is 323 g/mol. The molecule has 2 unspecified atom stereocenters. The van der Waals surface area contributed by atoms with Crippen LogP contribution in [0.15, 0.2) is 30.3 Å². The highest BCUT2D eigenvalue weighted by molar-refractivity contribution is 7.57. The van der Waals surface area contributed by atoms with Gasteiger partial charge in [-0.2, -0.15) is 0 Å². The Morgan fingerprint density at radius 1 is 1.27 bits per heavy atom. The Kier molecular flexibility index (Phi) is 4.68. The normalized spacial score (nSPS) is 15.3. The van der Waals surface area contributed by atoms with Crippen molar-refractivity contribution < 1.29 is 24.8 Å². The fraction of sp³-hybridized carbons (Fsp3) is 0.267. The Hall–Kier alpha value is -1.72. The van der Waals surface area contributed by atoms with Crippen molar-refractivity contribution in [2.24, 2.45) is 0 Å². The molecular formula is C15H18NO5P. The second kappa shape index (κ2) is 6.18. The van der Waals surface area contributed by atoms with Crippen molar-refractivity contribution in [2.75, 3.05) is 6.66 Å². The molecule has 6 nitrogen and oxygen atoms in total. The molecule has 0 fully saturated rings. The fourth-order valence-electron chi connectivity index (χ4n) is 2.26. The van der Waals surface area contributed by atoms with Crippen molar-refractivity contribution >= 4 is 7.37 Å². The summed E-state index contributed by atoms with van der Waals surface area (Å²) < 4.78 is 11.9. The summed E-state index contributed by atoms with van der Waals surface area (Å²) in [6.07, 6.45) is 0. The highest BCUT2D eigenvalue weighted by atomic mass is 31.2. The van der Waals surface area contributed by atoms with Crippen LogP contribution in [0.4, 0.5) is 0 Å². The number of benzene rings is 1. The minimum absolute atomic E-state index is 0.00924. The van der Waals surface area contributed by atoms with Gasteiger partial charge in [0.2, 0.25) is 7.37 Å². The molecule has 0 aliphatic heterocycles. The van der Waals surface area contributed by atoms with E-state index in [-0.39, 0.29) is 28.3 Å². The molecule has 2 atom stereocenters. The van der Waals surface area contributed by atoms with Crippen LogP contribution in [0.2, 0.25) is 0 Å². The number of aliphatic hydroxyl groups excluding tert-OH is 2. The lowest BCUT2D eigenvalue weighted by atomic mass is 9.99. The van der Waals surface area contributed by atoms with Crippen molar-refractivity contribution in [3.8, 4) is 17.0 Å². The predicted octanol–water partition coefficient (Wildman–Crippen LogP) is 2.15. The van der Waals surface area contributed by atoms with Gasteiger partial charge in [-0.15, -0.1) is 0 Å². The quantitative estimate of drug-likeness (QED) is 0.642. The summed E-state index contributed by atoms with van der Waals surface area (Å²) in [6, 6.07) is 8.79. The van der Waals surface area contributed by atoms with Gasteiger partial charge in [0.1, 0.15) is 5.75 Å². The zero-order valence-corrected chi connectivity index (χ0v) is 13.2. The van der Waals surface area contributed by atoms with Crippen molar-refractivity contribution in [3.05, 3.63) is 47.2 Å². The second-order valence-electron chi connectivity index (χ2n) is 5.13. The summed E-state index contributed by atoms with van der Waals surface area (Å²) in [5.41, 5.74) is 1.13. The molecule has 0 bridgehead atoms. The van der Waals surface area contributed by atoms with Gasteiger partial charge in [-0.25, -0.2) is 4.98 Å². The molecule has 0 aliphatic carbocycles. The van der Waals surface area contributed by atoms with Crippen LogP contribution in [0.25, 0.3) is 11.3 Å². The topological polar surface area (TPSA) is 111 Å². The summed E-state index contributed by atoms with van der Waals surface area (Å²) in [4.78, 5) is 13.9. The van der Waals surface area contributed by atoms with Gasteiger partial charge in [0.15, 0.2) is 5.85 Å². The van der Waals surface area contributed by atoms with Gasteiger partial charge in [0, 0.05) is 23.4 Å². The Morgan fingerprint density at radius 2 is 1.86 bits per heavy atom. The first-order chi connectivity index (χ1) is 10.3. The van der Waals surface area contributed by atoms with E-state index >= 15 is 0 Å². The molecule has 0 aliphatic rings. The van der Waals surface area contributed by atoms with Crippen LogP contribution < -0.4 is 0 Å². The van der Waals surface area contributed by atoms with Crippen molar-refractivity contribution in [1.29, 1.82) is 0 Å². The van der Waals surface area contributed by atoms with Gasteiger partial charge in [-0.3, -0.25) is 4.57 Å². The molecule has 4 N–H and O–H groups in total. The molecule has 0 spiro atoms. The van der Waals surface area contributed by atoms with Crippen molar-refractivity contribution in [1.82, 2.24) is 4.98 Å². The number of pyridine rings is 1. The van der Waals surface area contributed by atoms with E-state index in [1.54, 1.807) is 37.3 Å². The molecule has 2 rings (SSSR count). The molecule has 2 aromatic rings. The van der Waals surface area contributed by atoms with Crippen molar-refractivity contribution in [3.63, 3.8) is 0 Å². The summed E-state index contributed by atoms with van der Waals surface area (Å²) in [6.45, 7) is 1.99. The SMILES string of the molecule is Cc1nc(-c2ccccc2)c(C(O)P(C)(=O)O)c(CO)c1O. The van der Waals surface area contributed by atoms with Crippen LogP contribution in [0, 0.1) is 6.92 Å². The summed E-state index contributed by atoms with van der Waals surface area (Å²) in [5, 5.41) is 29.9. The molecule has 0 saturated heterocycles. The number of hydrogen-bond acceptors (Lipinski definition) is 5. The fourth-order valence-corrected chi connectivity index (χ4v) is 3.02. The summed E-state index contributed by atoms with van der Waals surface area (Å²) in [5.74, 6) is -2.03. The maximum atomic E-state index is 11.9. The highest BCUT2D eigenvalue weighted by Gasteiger charge is 2.32. The Labute approximate surface area is 128 Å². The lowest BCUT2D eigenvalue weighted by Gasteiger charge is -2.22. The number of aromatic hydroxyl groups is 1. The molecule has 118 valence electrons. The lowest BCUT2D eigenvalue weighted by molar-refractivity contribution is 0.226. The zero-order chi connectivity index (χ0) is 16.5. The van der Waals surface area contributed by atoms with Crippen LogP contribution in [0.1, 0.15) is 22.7 Å². The van der Waals surface area contributed by atoms with Gasteiger partial charge in [0.05, 0.1) is 18.0 Å². The monoisotopic (exact) mass is 323 g/mol. The molecule has 0 radical (unpaired) electrons. The number of nitrogens with zero attached hydrogens (tertiary/aromatic N) is 1. The van der Waals surface area contributed by atoms with E-state index in [1.807, 2.05) is 0 Å². The first-order valence-corrected chi connectivity index (χ1v) is 8.81. The smallest absolute Gasteiger partial charge is 0.229 e. The second-order valence-corrected chi connectivity index (χ2v) is 7.50. The first kappa shape index (κ1) is 16.6. The standard InChI is InChI=1S/C15H18NO5P/c1-9-14(18)11(8-17)12(15(19)22(2,20)21)13(16-9)10-6-4-3-5-7-10/h3-7,15,17-19H,8H2,1-2H3,(H,20,21). The molecule has 7 heteroatoms.